The SMILES string of the molecule is CCNC(=NCc1ccnc(OCC2CC2)c1)NC1CCN(C2CC2)CC1. The fourth-order valence-electron chi connectivity index (χ4n) is 3.65. The summed E-state index contributed by atoms with van der Waals surface area (Å²) in [5.41, 5.74) is 1.14. The average molecular weight is 372 g/mol. The summed E-state index contributed by atoms with van der Waals surface area (Å²) in [6.45, 7) is 6.85. The van der Waals surface area contributed by atoms with Crippen LogP contribution in [0.4, 0.5) is 0 Å². The number of ether oxygens (including phenoxy) is 1. The Hall–Kier alpha value is -1.82. The summed E-state index contributed by atoms with van der Waals surface area (Å²) in [4.78, 5) is 11.8. The van der Waals surface area contributed by atoms with Gasteiger partial charge >= 0.3 is 0 Å². The monoisotopic (exact) mass is 371 g/mol. The predicted molar refractivity (Wildman–Crippen MR) is 108 cm³/mol. The van der Waals surface area contributed by atoms with Gasteiger partial charge in [0.15, 0.2) is 5.96 Å². The molecule has 1 aromatic rings. The molecule has 0 unspecified atom stereocenters. The van der Waals surface area contributed by atoms with Gasteiger partial charge < -0.3 is 20.3 Å². The van der Waals surface area contributed by atoms with Gasteiger partial charge in [0.1, 0.15) is 0 Å². The minimum Gasteiger partial charge on any atom is -0.477 e. The maximum absolute atomic E-state index is 5.79. The lowest BCUT2D eigenvalue weighted by atomic mass is 10.1. The van der Waals surface area contributed by atoms with E-state index in [9.17, 15) is 0 Å². The number of aromatic nitrogens is 1. The van der Waals surface area contributed by atoms with Crippen molar-refractivity contribution in [3.05, 3.63) is 23.9 Å². The van der Waals surface area contributed by atoms with E-state index < -0.39 is 0 Å². The van der Waals surface area contributed by atoms with Crippen LogP contribution in [-0.2, 0) is 6.54 Å². The molecule has 1 aromatic heterocycles. The van der Waals surface area contributed by atoms with Crippen LogP contribution in [0.2, 0.25) is 0 Å². The molecule has 3 aliphatic rings. The average Bonchev–Trinajstić information content (AvgIpc) is 3.59. The van der Waals surface area contributed by atoms with E-state index in [4.69, 9.17) is 9.73 Å². The molecule has 2 N–H and O–H groups in total. The minimum absolute atomic E-state index is 0.521. The molecule has 6 nitrogen and oxygen atoms in total. The lowest BCUT2D eigenvalue weighted by molar-refractivity contribution is 0.197. The van der Waals surface area contributed by atoms with E-state index in [0.29, 0.717) is 12.6 Å². The molecule has 1 saturated heterocycles. The molecule has 2 saturated carbocycles. The minimum atomic E-state index is 0.521. The van der Waals surface area contributed by atoms with Crippen molar-refractivity contribution in [2.45, 2.75) is 64.1 Å². The van der Waals surface area contributed by atoms with Gasteiger partial charge in [-0.2, -0.15) is 0 Å². The van der Waals surface area contributed by atoms with Crippen LogP contribution in [-0.4, -0.2) is 54.2 Å². The molecule has 0 radical (unpaired) electrons. The Morgan fingerprint density at radius 3 is 2.74 bits per heavy atom. The number of rotatable bonds is 8. The van der Waals surface area contributed by atoms with Crippen LogP contribution >= 0.6 is 0 Å². The maximum atomic E-state index is 5.79. The Kier molecular flexibility index (Phi) is 6.12. The number of nitrogens with zero attached hydrogens (tertiary/aromatic N) is 3. The first-order valence-electron chi connectivity index (χ1n) is 10.7. The van der Waals surface area contributed by atoms with Gasteiger partial charge in [-0.3, -0.25) is 0 Å². The quantitative estimate of drug-likeness (QED) is 0.543. The topological polar surface area (TPSA) is 61.8 Å². The van der Waals surface area contributed by atoms with E-state index in [1.807, 2.05) is 18.3 Å². The molecule has 6 heteroatoms. The van der Waals surface area contributed by atoms with Gasteiger partial charge in [-0.25, -0.2) is 9.98 Å². The third kappa shape index (κ3) is 5.83. The van der Waals surface area contributed by atoms with Gasteiger partial charge in [0, 0.05) is 44.0 Å². The fourth-order valence-corrected chi connectivity index (χ4v) is 3.65. The summed E-state index contributed by atoms with van der Waals surface area (Å²) in [5, 5.41) is 7.02. The third-order valence-electron chi connectivity index (χ3n) is 5.66. The highest BCUT2D eigenvalue weighted by Crippen LogP contribution is 2.30. The van der Waals surface area contributed by atoms with Gasteiger partial charge in [-0.15, -0.1) is 0 Å². The zero-order valence-corrected chi connectivity index (χ0v) is 16.5. The van der Waals surface area contributed by atoms with Crippen molar-refractivity contribution in [1.82, 2.24) is 20.5 Å². The number of piperidine rings is 1. The highest BCUT2D eigenvalue weighted by Gasteiger charge is 2.31. The number of pyridine rings is 1. The highest BCUT2D eigenvalue weighted by atomic mass is 16.5. The molecule has 4 rings (SSSR count). The van der Waals surface area contributed by atoms with Crippen LogP contribution in [0, 0.1) is 5.92 Å². The standard InChI is InChI=1S/C21H33N5O/c1-2-22-21(25-18-8-11-26(12-9-18)19-5-6-19)24-14-17-7-10-23-20(13-17)27-15-16-3-4-16/h7,10,13,16,18-19H,2-6,8-9,11-12,14-15H2,1H3,(H2,22,24,25). The molecule has 3 fully saturated rings. The van der Waals surface area contributed by atoms with Gasteiger partial charge in [0.2, 0.25) is 5.88 Å². The Morgan fingerprint density at radius 1 is 1.22 bits per heavy atom. The summed E-state index contributed by atoms with van der Waals surface area (Å²) >= 11 is 0. The summed E-state index contributed by atoms with van der Waals surface area (Å²) in [7, 11) is 0. The van der Waals surface area contributed by atoms with Crippen molar-refractivity contribution >= 4 is 5.96 Å². The number of likely N-dealkylation sites (tertiary alicyclic amines) is 1. The molecule has 148 valence electrons. The van der Waals surface area contributed by atoms with Crippen molar-refractivity contribution in [1.29, 1.82) is 0 Å². The van der Waals surface area contributed by atoms with Crippen LogP contribution in [0.1, 0.15) is 51.0 Å². The normalized spacial score (nSPS) is 21.9. The van der Waals surface area contributed by atoms with Gasteiger partial charge in [0.05, 0.1) is 13.2 Å². The van der Waals surface area contributed by atoms with E-state index in [-0.39, 0.29) is 0 Å². The number of nitrogens with one attached hydrogen (secondary N) is 2. The van der Waals surface area contributed by atoms with Crippen molar-refractivity contribution in [3.63, 3.8) is 0 Å². The number of aliphatic imine (C=N–C) groups is 1. The van der Waals surface area contributed by atoms with Gasteiger partial charge in [-0.1, -0.05) is 0 Å². The Morgan fingerprint density at radius 2 is 2.04 bits per heavy atom. The smallest absolute Gasteiger partial charge is 0.213 e. The molecular weight excluding hydrogens is 338 g/mol. The number of hydrogen-bond donors (Lipinski definition) is 2. The van der Waals surface area contributed by atoms with Gasteiger partial charge in [-0.05, 0) is 63.0 Å². The second kappa shape index (κ2) is 8.91. The molecular formula is C21H33N5O. The molecule has 0 atom stereocenters. The molecule has 0 amide bonds. The van der Waals surface area contributed by atoms with E-state index in [1.54, 1.807) is 0 Å². The maximum Gasteiger partial charge on any atom is 0.213 e. The van der Waals surface area contributed by atoms with Crippen molar-refractivity contribution in [2.24, 2.45) is 10.9 Å². The zero-order chi connectivity index (χ0) is 18.5. The molecule has 2 heterocycles. The predicted octanol–water partition coefficient (Wildman–Crippen LogP) is 2.55. The zero-order valence-electron chi connectivity index (χ0n) is 16.5. The molecule has 2 aliphatic carbocycles. The molecule has 0 aromatic carbocycles. The highest BCUT2D eigenvalue weighted by molar-refractivity contribution is 5.80. The molecule has 1 aliphatic heterocycles. The summed E-state index contributed by atoms with van der Waals surface area (Å²) in [6.07, 6.45) is 9.62. The van der Waals surface area contributed by atoms with Crippen LogP contribution in [0.3, 0.4) is 0 Å². The Labute approximate surface area is 162 Å². The first kappa shape index (κ1) is 18.5. The molecule has 27 heavy (non-hydrogen) atoms. The third-order valence-corrected chi connectivity index (χ3v) is 5.66. The number of guanidine groups is 1. The van der Waals surface area contributed by atoms with Crippen LogP contribution in [0.25, 0.3) is 0 Å². The van der Waals surface area contributed by atoms with Crippen molar-refractivity contribution in [3.8, 4) is 5.88 Å². The van der Waals surface area contributed by atoms with E-state index >= 15 is 0 Å². The van der Waals surface area contributed by atoms with Crippen molar-refractivity contribution < 1.29 is 4.74 Å². The van der Waals surface area contributed by atoms with Crippen molar-refractivity contribution in [2.75, 3.05) is 26.2 Å². The summed E-state index contributed by atoms with van der Waals surface area (Å²) in [6, 6.07) is 5.44. The first-order chi connectivity index (χ1) is 13.3. The Bertz CT molecular complexity index is 633. The lowest BCUT2D eigenvalue weighted by Gasteiger charge is -2.33. The summed E-state index contributed by atoms with van der Waals surface area (Å²) in [5.74, 6) is 2.38. The molecule has 0 bridgehead atoms. The van der Waals surface area contributed by atoms with Gasteiger partial charge in [0.25, 0.3) is 0 Å². The second-order valence-corrected chi connectivity index (χ2v) is 8.14. The lowest BCUT2D eigenvalue weighted by Crippen LogP contribution is -2.49. The van der Waals surface area contributed by atoms with Crippen LogP contribution in [0.15, 0.2) is 23.3 Å². The first-order valence-corrected chi connectivity index (χ1v) is 10.7. The van der Waals surface area contributed by atoms with Crippen LogP contribution in [0.5, 0.6) is 5.88 Å². The Balaban J connectivity index is 1.28. The fraction of sp³-hybridized carbons (Fsp3) is 0.714. The van der Waals surface area contributed by atoms with E-state index in [2.05, 4.69) is 27.4 Å². The number of hydrogen-bond acceptors (Lipinski definition) is 4. The molecule has 0 spiro atoms. The second-order valence-electron chi connectivity index (χ2n) is 8.14. The summed E-state index contributed by atoms with van der Waals surface area (Å²) < 4.78 is 5.79. The largest absolute Gasteiger partial charge is 0.477 e. The van der Waals surface area contributed by atoms with E-state index in [0.717, 1.165) is 42.5 Å². The van der Waals surface area contributed by atoms with Crippen LogP contribution < -0.4 is 15.4 Å². The van der Waals surface area contributed by atoms with E-state index in [1.165, 1.54) is 51.6 Å².